The normalized spacial score (nSPS) is 54.9. The molecule has 22 N–H and O–H groups in total. The zero-order chi connectivity index (χ0) is 72.0. The van der Waals surface area contributed by atoms with Gasteiger partial charge in [-0.15, -0.1) is 0 Å². The van der Waals surface area contributed by atoms with E-state index in [-0.39, 0.29) is 25.2 Å². The number of esters is 1. The van der Waals surface area contributed by atoms with Crippen molar-refractivity contribution in [2.24, 2.45) is 28.1 Å². The highest BCUT2D eigenvalue weighted by Crippen LogP contribution is 2.74. The van der Waals surface area contributed by atoms with E-state index < -0.39 is 288 Å². The third kappa shape index (κ3) is 14.0. The Balaban J connectivity index is 0.867. The van der Waals surface area contributed by atoms with Crippen molar-refractivity contribution in [1.29, 1.82) is 0 Å². The second-order valence-electron chi connectivity index (χ2n) is 29.2. The summed E-state index contributed by atoms with van der Waals surface area (Å²) in [4.78, 5) is 15.7. The van der Waals surface area contributed by atoms with Crippen molar-refractivity contribution >= 4 is 5.97 Å². The lowest BCUT2D eigenvalue weighted by Crippen LogP contribution is -2.68. The van der Waals surface area contributed by atoms with Crippen molar-refractivity contribution in [3.8, 4) is 0 Å². The molecule has 37 heteroatoms. The largest absolute Gasteiger partial charge is 0.432 e. The van der Waals surface area contributed by atoms with Crippen LogP contribution in [-0.2, 0) is 71.1 Å². The standard InChI is InChI=1S/C62H100O37/c1-20-12-61-10-6-28-59(3,29(61)7-11-62(20,19-61)99-57-50(97-54-44(83)40(79)34(73)25(16-66)90-54)48(36(75)27(18-68)92-57)95-53-43(82)39(78)33(72)24(15-65)89-53)8-5-9-60(28,4)58(85)98-56-49(47(35(74)26(17-67)91-56)94-52-42(81)38(77)32(71)23(14-64)88-52)96-55-45(84)46(30(69)21(2)86-55)93-51-41(80)37(76)31(70)22(13-63)87-51/h21-57,63-84H,1,5-19H2,2-4H3/t21-,22+,23-,24-,25-,26-,27-,28+,29?,30-,31+,32-,33-,34-,35-,36-,37-,38+,39+,40+,41+,42-,43-,44-,45+,46+,47+,48+,49-,50-,51-,52+,53+,54+,55-,56+,57-,59-,60-,61-,62-/m1/s1. The number of fused-ring (bicyclic) bond motifs is 3. The number of hydrogen-bond donors (Lipinski definition) is 22. The fourth-order valence-corrected chi connectivity index (χ4v) is 17.9. The van der Waals surface area contributed by atoms with E-state index in [4.69, 9.17) is 66.3 Å². The minimum absolute atomic E-state index is 0.192. The maximum atomic E-state index is 15.7. The molecule has 0 amide bonds. The van der Waals surface area contributed by atoms with E-state index in [1.54, 1.807) is 6.92 Å². The molecule has 0 aromatic rings. The summed E-state index contributed by atoms with van der Waals surface area (Å²) in [5, 5.41) is 239. The average Bonchev–Trinajstić information content (AvgIpc) is 1.59. The molecule has 2 bridgehead atoms. The lowest BCUT2D eigenvalue weighted by molar-refractivity contribution is -0.400. The summed E-state index contributed by atoms with van der Waals surface area (Å²) in [6.07, 6.45) is -61.9. The molecular formula is C62H100O37. The van der Waals surface area contributed by atoms with Crippen LogP contribution in [0.1, 0.15) is 78.6 Å². The molecule has 1 spiro atoms. The highest BCUT2D eigenvalue weighted by atomic mass is 16.8. The van der Waals surface area contributed by atoms with Gasteiger partial charge in [0.05, 0.1) is 56.8 Å². The number of hydrogen-bond acceptors (Lipinski definition) is 37. The SMILES string of the molecule is C=C1C[C@@]23CC[C@@H]4[C@](C)(C(=O)O[C@@H]5O[C@H](CO)[C@@H](O)[C@H](O[C@@H]6O[C@H](CO)[C@@H](O)[C@H](O)[C@H]6O)[C@H]5O[C@H]5O[C@H](C)[C@@H](O)[C@H](O[C@H]6O[C@@H](CO)[C@H](O)[C@@H](O)[C@@H]6O)[C@@H]5O)CCC[C@@]4(C)C2CC[C@@]1(O[C@H]1O[C@H](CO)[C@@H](O)[C@H](O[C@@H]2O[C@H](CO)[C@@H](O)[C@H](O)[C@H]2O)[C@H]1O[C@@H]1O[C@H](CO)[C@@H](O)[C@H](O)[C@H]1O)C3. The molecule has 0 aromatic carbocycles. The Kier molecular flexibility index (Phi) is 24.1. The van der Waals surface area contributed by atoms with E-state index >= 15 is 4.79 Å². The van der Waals surface area contributed by atoms with Crippen LogP contribution in [-0.4, -0.2) is 378 Å². The van der Waals surface area contributed by atoms with Crippen LogP contribution < -0.4 is 0 Å². The van der Waals surface area contributed by atoms with Crippen LogP contribution in [0.5, 0.6) is 0 Å². The molecule has 7 saturated heterocycles. The molecule has 99 heavy (non-hydrogen) atoms. The molecule has 0 aromatic heterocycles. The molecule has 4 saturated carbocycles. The molecule has 11 fully saturated rings. The second-order valence-corrected chi connectivity index (χ2v) is 29.2. The first-order chi connectivity index (χ1) is 46.8. The number of aliphatic hydroxyl groups is 22. The molecule has 41 atom stereocenters. The van der Waals surface area contributed by atoms with E-state index in [9.17, 15) is 112 Å². The average molecular weight is 1440 g/mol. The number of carbonyl (C=O) groups is 1. The van der Waals surface area contributed by atoms with Crippen molar-refractivity contribution in [2.45, 2.75) is 299 Å². The maximum absolute atomic E-state index is 15.7. The summed E-state index contributed by atoms with van der Waals surface area (Å²) in [5.74, 6) is -1.55. The van der Waals surface area contributed by atoms with Crippen LogP contribution in [0.15, 0.2) is 12.2 Å². The van der Waals surface area contributed by atoms with Crippen molar-refractivity contribution < 1.29 is 183 Å². The van der Waals surface area contributed by atoms with Gasteiger partial charge in [-0.1, -0.05) is 19.9 Å². The third-order valence-electron chi connectivity index (χ3n) is 23.4. The molecule has 37 nitrogen and oxygen atoms in total. The van der Waals surface area contributed by atoms with Crippen molar-refractivity contribution in [3.05, 3.63) is 12.2 Å². The van der Waals surface area contributed by atoms with Gasteiger partial charge in [-0.25, -0.2) is 0 Å². The van der Waals surface area contributed by atoms with E-state index in [0.29, 0.717) is 44.1 Å². The van der Waals surface area contributed by atoms with Crippen LogP contribution in [0.25, 0.3) is 0 Å². The minimum atomic E-state index is -2.15. The Morgan fingerprint density at radius 1 is 0.404 bits per heavy atom. The summed E-state index contributed by atoms with van der Waals surface area (Å²) in [7, 11) is 0. The first-order valence-electron chi connectivity index (χ1n) is 33.8. The lowest BCUT2D eigenvalue weighted by Gasteiger charge is -2.64. The topological polar surface area (TPSA) is 591 Å². The lowest BCUT2D eigenvalue weighted by atomic mass is 9.41. The molecule has 570 valence electrons. The summed E-state index contributed by atoms with van der Waals surface area (Å²) < 4.78 is 85.3. The van der Waals surface area contributed by atoms with Gasteiger partial charge in [-0.05, 0) is 93.5 Å². The van der Waals surface area contributed by atoms with E-state index in [1.807, 2.05) is 0 Å². The first kappa shape index (κ1) is 77.9. The number of carbonyl (C=O) groups excluding carboxylic acids is 1. The van der Waals surface area contributed by atoms with E-state index in [0.717, 1.165) is 0 Å². The predicted molar refractivity (Wildman–Crippen MR) is 316 cm³/mol. The predicted octanol–water partition coefficient (Wildman–Crippen LogP) is -10.6. The molecule has 11 rings (SSSR count). The molecule has 7 aliphatic heterocycles. The quantitative estimate of drug-likeness (QED) is 0.0306. The van der Waals surface area contributed by atoms with Gasteiger partial charge in [0.25, 0.3) is 0 Å². The van der Waals surface area contributed by atoms with Crippen LogP contribution in [0.3, 0.4) is 0 Å². The van der Waals surface area contributed by atoms with Gasteiger partial charge in [0.15, 0.2) is 43.8 Å². The first-order valence-corrected chi connectivity index (χ1v) is 33.8. The molecule has 11 aliphatic rings. The zero-order valence-corrected chi connectivity index (χ0v) is 54.6. The molecule has 4 aliphatic carbocycles. The van der Waals surface area contributed by atoms with Crippen LogP contribution in [0.2, 0.25) is 0 Å². The van der Waals surface area contributed by atoms with Gasteiger partial charge < -0.3 is 179 Å². The Labute approximate surface area is 566 Å². The van der Waals surface area contributed by atoms with Gasteiger partial charge in [0.2, 0.25) is 6.29 Å². The Hall–Kier alpha value is -2.19. The summed E-state index contributed by atoms with van der Waals surface area (Å²) in [6, 6.07) is 0. The summed E-state index contributed by atoms with van der Waals surface area (Å²) >= 11 is 0. The second kappa shape index (κ2) is 30.6. The number of aliphatic hydroxyl groups excluding tert-OH is 22. The zero-order valence-electron chi connectivity index (χ0n) is 54.6. The summed E-state index contributed by atoms with van der Waals surface area (Å²) in [5.41, 5.74) is -3.42. The molecule has 0 radical (unpaired) electrons. The van der Waals surface area contributed by atoms with Gasteiger partial charge in [0, 0.05) is 0 Å². The number of rotatable bonds is 20. The van der Waals surface area contributed by atoms with Crippen molar-refractivity contribution in [1.82, 2.24) is 0 Å². The van der Waals surface area contributed by atoms with Crippen molar-refractivity contribution in [3.63, 3.8) is 0 Å². The highest BCUT2D eigenvalue weighted by molar-refractivity contribution is 5.77. The smallest absolute Gasteiger partial charge is 0.314 e. The number of ether oxygens (including phenoxy) is 14. The van der Waals surface area contributed by atoms with Crippen LogP contribution in [0.4, 0.5) is 0 Å². The van der Waals surface area contributed by atoms with Crippen LogP contribution in [0, 0.1) is 28.1 Å². The van der Waals surface area contributed by atoms with Crippen molar-refractivity contribution in [2.75, 3.05) is 39.6 Å². The maximum Gasteiger partial charge on any atom is 0.314 e. The van der Waals surface area contributed by atoms with Gasteiger partial charge in [-0.2, -0.15) is 0 Å². The third-order valence-corrected chi connectivity index (χ3v) is 23.4. The fraction of sp³-hybridized carbons (Fsp3) is 0.952. The monoisotopic (exact) mass is 1440 g/mol. The van der Waals surface area contributed by atoms with E-state index in [2.05, 4.69) is 13.5 Å². The minimum Gasteiger partial charge on any atom is -0.432 e. The Morgan fingerprint density at radius 3 is 1.20 bits per heavy atom. The summed E-state index contributed by atoms with van der Waals surface area (Å²) in [6.45, 7) is 4.24. The van der Waals surface area contributed by atoms with Gasteiger partial charge in [-0.3, -0.25) is 4.79 Å². The molecule has 1 unspecified atom stereocenters. The van der Waals surface area contributed by atoms with Gasteiger partial charge in [0.1, 0.15) is 159 Å². The molecular weight excluding hydrogens is 1340 g/mol. The molecule has 7 heterocycles. The van der Waals surface area contributed by atoms with Gasteiger partial charge >= 0.3 is 5.97 Å². The highest BCUT2D eigenvalue weighted by Gasteiger charge is 2.70. The Bertz CT molecular complexity index is 2700. The van der Waals surface area contributed by atoms with Crippen LogP contribution >= 0.6 is 0 Å². The fourth-order valence-electron chi connectivity index (χ4n) is 17.9. The van der Waals surface area contributed by atoms with E-state index in [1.165, 1.54) is 6.92 Å². The Morgan fingerprint density at radius 2 is 0.768 bits per heavy atom.